The van der Waals surface area contributed by atoms with Gasteiger partial charge in [0.25, 0.3) is 0 Å². The van der Waals surface area contributed by atoms with Crippen LogP contribution < -0.4 is 10.1 Å². The van der Waals surface area contributed by atoms with Crippen LogP contribution in [0, 0.1) is 0 Å². The lowest BCUT2D eigenvalue weighted by Crippen LogP contribution is -2.24. The van der Waals surface area contributed by atoms with Gasteiger partial charge in [-0.1, -0.05) is 31.2 Å². The minimum absolute atomic E-state index is 0.271. The molecule has 0 saturated heterocycles. The van der Waals surface area contributed by atoms with Crippen LogP contribution in [0.5, 0.6) is 5.75 Å². The molecule has 0 fully saturated rings. The highest BCUT2D eigenvalue weighted by Crippen LogP contribution is 2.34. The van der Waals surface area contributed by atoms with Gasteiger partial charge in [0.15, 0.2) is 0 Å². The molecule has 0 radical (unpaired) electrons. The van der Waals surface area contributed by atoms with Gasteiger partial charge < -0.3 is 10.1 Å². The number of fused-ring (bicyclic) bond motifs is 1. The van der Waals surface area contributed by atoms with Crippen molar-refractivity contribution in [3.05, 3.63) is 59.4 Å². The van der Waals surface area contributed by atoms with Gasteiger partial charge in [0, 0.05) is 24.0 Å². The molecule has 1 atom stereocenters. The molecule has 3 nitrogen and oxygen atoms in total. The molecule has 1 aliphatic heterocycles. The summed E-state index contributed by atoms with van der Waals surface area (Å²) in [7, 11) is 0. The zero-order chi connectivity index (χ0) is 14.5. The largest absolute Gasteiger partial charge is 0.493 e. The third-order valence-electron chi connectivity index (χ3n) is 3.95. The Balaban J connectivity index is 1.90. The smallest absolute Gasteiger partial charge is 0.127 e. The van der Waals surface area contributed by atoms with E-state index >= 15 is 0 Å². The maximum atomic E-state index is 5.96. The first-order valence-corrected chi connectivity index (χ1v) is 7.75. The number of aromatic nitrogens is 1. The Morgan fingerprint density at radius 1 is 1.29 bits per heavy atom. The monoisotopic (exact) mass is 282 g/mol. The van der Waals surface area contributed by atoms with E-state index in [1.807, 2.05) is 18.5 Å². The Morgan fingerprint density at radius 2 is 2.24 bits per heavy atom. The van der Waals surface area contributed by atoms with E-state index in [9.17, 15) is 0 Å². The second kappa shape index (κ2) is 6.72. The minimum atomic E-state index is 0.271. The van der Waals surface area contributed by atoms with Crippen LogP contribution in [-0.4, -0.2) is 18.1 Å². The van der Waals surface area contributed by atoms with Gasteiger partial charge in [-0.2, -0.15) is 0 Å². The number of likely N-dealkylation sites (N-methyl/N-ethyl adjacent to an activating group) is 1. The fraction of sp³-hybridized carbons (Fsp3) is 0.389. The van der Waals surface area contributed by atoms with Gasteiger partial charge in [0.05, 0.1) is 6.61 Å². The Morgan fingerprint density at radius 3 is 3.05 bits per heavy atom. The maximum absolute atomic E-state index is 5.96. The normalized spacial score (nSPS) is 15.1. The lowest BCUT2D eigenvalue weighted by molar-refractivity contribution is 0.281. The van der Waals surface area contributed by atoms with Crippen LogP contribution in [0.1, 0.15) is 36.1 Å². The molecule has 0 amide bonds. The third-order valence-corrected chi connectivity index (χ3v) is 3.95. The molecule has 21 heavy (non-hydrogen) atoms. The topological polar surface area (TPSA) is 34.2 Å². The summed E-state index contributed by atoms with van der Waals surface area (Å²) in [6, 6.07) is 10.9. The van der Waals surface area contributed by atoms with Crippen LogP contribution in [0.3, 0.4) is 0 Å². The van der Waals surface area contributed by atoms with Gasteiger partial charge in [0.1, 0.15) is 5.75 Å². The summed E-state index contributed by atoms with van der Waals surface area (Å²) in [5, 5.41) is 3.59. The first kappa shape index (κ1) is 14.1. The number of benzene rings is 1. The number of aryl methyl sites for hydroxylation is 1. The molecule has 2 aromatic rings. The first-order valence-electron chi connectivity index (χ1n) is 7.75. The van der Waals surface area contributed by atoms with E-state index in [1.54, 1.807) is 0 Å². The van der Waals surface area contributed by atoms with E-state index in [-0.39, 0.29) is 6.04 Å². The van der Waals surface area contributed by atoms with Crippen molar-refractivity contribution in [2.45, 2.75) is 32.2 Å². The molecular weight excluding hydrogens is 260 g/mol. The Bertz CT molecular complexity index is 583. The SMILES string of the molecule is CCNC(Cc1cccnc1)c1cccc2c1OCCC2. The molecule has 0 aliphatic carbocycles. The molecular formula is C18H22N2O. The zero-order valence-electron chi connectivity index (χ0n) is 12.5. The lowest BCUT2D eigenvalue weighted by Gasteiger charge is -2.25. The molecule has 0 bridgehead atoms. The fourth-order valence-corrected chi connectivity index (χ4v) is 2.98. The Hall–Kier alpha value is -1.87. The Kier molecular flexibility index (Phi) is 4.51. The molecule has 0 saturated carbocycles. The summed E-state index contributed by atoms with van der Waals surface area (Å²) < 4.78 is 5.96. The molecule has 0 spiro atoms. The number of pyridine rings is 1. The summed E-state index contributed by atoms with van der Waals surface area (Å²) in [6.07, 6.45) is 6.93. The van der Waals surface area contributed by atoms with Crippen molar-refractivity contribution in [2.75, 3.05) is 13.2 Å². The van der Waals surface area contributed by atoms with Crippen molar-refractivity contribution in [3.8, 4) is 5.75 Å². The number of rotatable bonds is 5. The molecule has 110 valence electrons. The van der Waals surface area contributed by atoms with Crippen LogP contribution in [0.25, 0.3) is 0 Å². The van der Waals surface area contributed by atoms with Crippen molar-refractivity contribution in [1.29, 1.82) is 0 Å². The van der Waals surface area contributed by atoms with Crippen LogP contribution in [0.15, 0.2) is 42.7 Å². The number of para-hydroxylation sites is 1. The molecule has 3 heteroatoms. The highest BCUT2D eigenvalue weighted by molar-refractivity contribution is 5.45. The second-order valence-electron chi connectivity index (χ2n) is 5.46. The average Bonchev–Trinajstić information content (AvgIpc) is 2.55. The van der Waals surface area contributed by atoms with E-state index < -0.39 is 0 Å². The molecule has 1 aromatic heterocycles. The van der Waals surface area contributed by atoms with E-state index in [0.717, 1.165) is 38.2 Å². The fourth-order valence-electron chi connectivity index (χ4n) is 2.98. The molecule has 1 N–H and O–H groups in total. The van der Waals surface area contributed by atoms with Crippen molar-refractivity contribution in [2.24, 2.45) is 0 Å². The van der Waals surface area contributed by atoms with Crippen molar-refractivity contribution in [3.63, 3.8) is 0 Å². The van der Waals surface area contributed by atoms with Crippen molar-refractivity contribution in [1.82, 2.24) is 10.3 Å². The quantitative estimate of drug-likeness (QED) is 0.913. The number of nitrogens with zero attached hydrogens (tertiary/aromatic N) is 1. The highest BCUT2D eigenvalue weighted by Gasteiger charge is 2.20. The van der Waals surface area contributed by atoms with E-state index in [1.165, 1.54) is 16.7 Å². The summed E-state index contributed by atoms with van der Waals surface area (Å²) in [6.45, 7) is 3.91. The molecule has 1 unspecified atom stereocenters. The molecule has 2 heterocycles. The van der Waals surface area contributed by atoms with Gasteiger partial charge in [-0.05, 0) is 43.0 Å². The van der Waals surface area contributed by atoms with Gasteiger partial charge in [-0.3, -0.25) is 4.98 Å². The van der Waals surface area contributed by atoms with Crippen LogP contribution in [-0.2, 0) is 12.8 Å². The first-order chi connectivity index (χ1) is 10.4. The van der Waals surface area contributed by atoms with Crippen LogP contribution in [0.4, 0.5) is 0 Å². The average molecular weight is 282 g/mol. The summed E-state index contributed by atoms with van der Waals surface area (Å²) in [5.74, 6) is 1.10. The van der Waals surface area contributed by atoms with E-state index in [4.69, 9.17) is 4.74 Å². The number of hydrogen-bond donors (Lipinski definition) is 1. The number of nitrogens with one attached hydrogen (secondary N) is 1. The summed E-state index contributed by atoms with van der Waals surface area (Å²) in [5.41, 5.74) is 3.86. The van der Waals surface area contributed by atoms with Crippen molar-refractivity contribution >= 4 is 0 Å². The summed E-state index contributed by atoms with van der Waals surface area (Å²) >= 11 is 0. The van der Waals surface area contributed by atoms with Gasteiger partial charge in [-0.15, -0.1) is 0 Å². The van der Waals surface area contributed by atoms with Crippen molar-refractivity contribution < 1.29 is 4.74 Å². The van der Waals surface area contributed by atoms with Gasteiger partial charge in [-0.25, -0.2) is 0 Å². The maximum Gasteiger partial charge on any atom is 0.127 e. The highest BCUT2D eigenvalue weighted by atomic mass is 16.5. The van der Waals surface area contributed by atoms with Crippen LogP contribution in [0.2, 0.25) is 0 Å². The Labute approximate surface area is 126 Å². The zero-order valence-corrected chi connectivity index (χ0v) is 12.5. The molecule has 3 rings (SSSR count). The third kappa shape index (κ3) is 3.24. The van der Waals surface area contributed by atoms with Gasteiger partial charge >= 0.3 is 0 Å². The molecule has 1 aromatic carbocycles. The van der Waals surface area contributed by atoms with E-state index in [2.05, 4.69) is 41.5 Å². The standard InChI is InChI=1S/C18H22N2O/c1-2-20-17(12-14-6-4-10-19-13-14)16-9-3-7-15-8-5-11-21-18(15)16/h3-4,6-7,9-10,13,17,20H,2,5,8,11-12H2,1H3. The van der Waals surface area contributed by atoms with Crippen LogP contribution >= 0.6 is 0 Å². The molecule has 1 aliphatic rings. The predicted molar refractivity (Wildman–Crippen MR) is 84.6 cm³/mol. The minimum Gasteiger partial charge on any atom is -0.493 e. The summed E-state index contributed by atoms with van der Waals surface area (Å²) in [4.78, 5) is 4.22. The van der Waals surface area contributed by atoms with Gasteiger partial charge in [0.2, 0.25) is 0 Å². The predicted octanol–water partition coefficient (Wildman–Crippen LogP) is 3.30. The second-order valence-corrected chi connectivity index (χ2v) is 5.46. The number of ether oxygens (including phenoxy) is 1. The van der Waals surface area contributed by atoms with E-state index in [0.29, 0.717) is 0 Å². The number of hydrogen-bond acceptors (Lipinski definition) is 3. The lowest BCUT2D eigenvalue weighted by atomic mass is 9.94.